The van der Waals surface area contributed by atoms with Gasteiger partial charge in [0.05, 0.1) is 11.5 Å². The Labute approximate surface area is 131 Å². The Morgan fingerprint density at radius 2 is 2.00 bits per heavy atom. The van der Waals surface area contributed by atoms with E-state index in [-0.39, 0.29) is 18.1 Å². The Bertz CT molecular complexity index is 778. The number of hydrogen-bond acceptors (Lipinski definition) is 4. The maximum Gasteiger partial charge on any atom is 0.269 e. The first-order chi connectivity index (χ1) is 10.5. The summed E-state index contributed by atoms with van der Waals surface area (Å²) in [5.74, 6) is -0.296. The molecule has 0 bridgehead atoms. The van der Waals surface area contributed by atoms with Gasteiger partial charge in [0, 0.05) is 28.4 Å². The van der Waals surface area contributed by atoms with E-state index in [1.165, 1.54) is 17.0 Å². The van der Waals surface area contributed by atoms with Crippen molar-refractivity contribution in [1.82, 2.24) is 0 Å². The molecule has 1 heterocycles. The van der Waals surface area contributed by atoms with E-state index in [2.05, 4.69) is 0 Å². The monoisotopic (exact) mass is 317 g/mol. The number of non-ortho nitro benzene ring substituents is 1. The Hall–Kier alpha value is -2.44. The van der Waals surface area contributed by atoms with Crippen molar-refractivity contribution in [3.8, 4) is 0 Å². The Balaban J connectivity index is 2.00. The molecule has 0 unspecified atom stereocenters. The summed E-state index contributed by atoms with van der Waals surface area (Å²) in [6.45, 7) is 0.275. The van der Waals surface area contributed by atoms with Crippen LogP contribution in [0, 0.1) is 10.1 Å². The average Bonchev–Trinajstić information content (AvgIpc) is 2.74. The van der Waals surface area contributed by atoms with Crippen LogP contribution in [0.2, 0.25) is 5.02 Å². The van der Waals surface area contributed by atoms with Gasteiger partial charge in [0.2, 0.25) is 5.91 Å². The van der Waals surface area contributed by atoms with Crippen molar-refractivity contribution in [1.29, 1.82) is 0 Å². The van der Waals surface area contributed by atoms with E-state index in [0.717, 1.165) is 5.56 Å². The number of nitrogens with zero attached hydrogens (tertiary/aromatic N) is 2. The second-order valence-corrected chi connectivity index (χ2v) is 5.40. The van der Waals surface area contributed by atoms with Crippen molar-refractivity contribution in [2.75, 3.05) is 4.90 Å². The number of hydrogen-bond donors (Lipinski definition) is 1. The minimum Gasteiger partial charge on any atom is -0.316 e. The molecule has 0 saturated carbocycles. The van der Waals surface area contributed by atoms with Crippen molar-refractivity contribution in [2.45, 2.75) is 12.6 Å². The fourth-order valence-corrected chi connectivity index (χ4v) is 2.73. The first-order valence-electron chi connectivity index (χ1n) is 6.57. The van der Waals surface area contributed by atoms with Crippen LogP contribution in [0.15, 0.2) is 42.5 Å². The molecule has 1 atom stereocenters. The zero-order valence-electron chi connectivity index (χ0n) is 11.4. The summed E-state index contributed by atoms with van der Waals surface area (Å²) < 4.78 is 0. The van der Waals surface area contributed by atoms with Gasteiger partial charge < -0.3 is 10.6 Å². The Morgan fingerprint density at radius 3 is 2.68 bits per heavy atom. The van der Waals surface area contributed by atoms with Gasteiger partial charge in [-0.2, -0.15) is 0 Å². The highest BCUT2D eigenvalue weighted by molar-refractivity contribution is 6.31. The second kappa shape index (κ2) is 5.40. The predicted molar refractivity (Wildman–Crippen MR) is 82.7 cm³/mol. The molecular weight excluding hydrogens is 306 g/mol. The third-order valence-corrected chi connectivity index (χ3v) is 4.03. The van der Waals surface area contributed by atoms with E-state index in [1.807, 2.05) is 12.1 Å². The topological polar surface area (TPSA) is 89.5 Å². The lowest BCUT2D eigenvalue weighted by atomic mass is 10.1. The fraction of sp³-hybridized carbons (Fsp3) is 0.133. The van der Waals surface area contributed by atoms with Crippen LogP contribution >= 0.6 is 11.6 Å². The lowest BCUT2D eigenvalue weighted by Crippen LogP contribution is -2.31. The molecular formula is C15H12ClN3O3. The maximum absolute atomic E-state index is 12.3. The quantitative estimate of drug-likeness (QED) is 0.696. The van der Waals surface area contributed by atoms with Gasteiger partial charge in [0.25, 0.3) is 5.69 Å². The molecule has 1 aliphatic rings. The normalized spacial score (nSPS) is 16.7. The van der Waals surface area contributed by atoms with Gasteiger partial charge in [-0.3, -0.25) is 14.9 Å². The van der Waals surface area contributed by atoms with Crippen molar-refractivity contribution in [3.05, 3.63) is 68.7 Å². The SMILES string of the molecule is N[C@H]1C(=O)N(Cc2ccccc2Cl)c2ccc([N+](=O)[O-])cc21. The van der Waals surface area contributed by atoms with Crippen LogP contribution in [0.3, 0.4) is 0 Å². The lowest BCUT2D eigenvalue weighted by molar-refractivity contribution is -0.384. The summed E-state index contributed by atoms with van der Waals surface area (Å²) in [6.07, 6.45) is 0. The number of benzene rings is 2. The van der Waals surface area contributed by atoms with Crippen LogP contribution < -0.4 is 10.6 Å². The first kappa shape index (κ1) is 14.5. The molecule has 0 spiro atoms. The van der Waals surface area contributed by atoms with Gasteiger partial charge in [0.15, 0.2) is 0 Å². The van der Waals surface area contributed by atoms with Crippen LogP contribution in [0.4, 0.5) is 11.4 Å². The Morgan fingerprint density at radius 1 is 1.27 bits per heavy atom. The summed E-state index contributed by atoms with van der Waals surface area (Å²) in [7, 11) is 0. The number of nitrogens with two attached hydrogens (primary N) is 1. The van der Waals surface area contributed by atoms with E-state index < -0.39 is 11.0 Å². The van der Waals surface area contributed by atoms with Gasteiger partial charge in [-0.1, -0.05) is 29.8 Å². The predicted octanol–water partition coefficient (Wildman–Crippen LogP) is 2.79. The zero-order chi connectivity index (χ0) is 15.9. The van der Waals surface area contributed by atoms with E-state index in [0.29, 0.717) is 16.3 Å². The van der Waals surface area contributed by atoms with Crippen LogP contribution in [-0.2, 0) is 11.3 Å². The minimum absolute atomic E-state index is 0.0819. The molecule has 0 fully saturated rings. The van der Waals surface area contributed by atoms with Crippen LogP contribution in [0.25, 0.3) is 0 Å². The minimum atomic E-state index is -0.891. The number of anilines is 1. The lowest BCUT2D eigenvalue weighted by Gasteiger charge is -2.18. The van der Waals surface area contributed by atoms with E-state index in [4.69, 9.17) is 17.3 Å². The maximum atomic E-state index is 12.3. The van der Waals surface area contributed by atoms with Gasteiger partial charge in [-0.15, -0.1) is 0 Å². The smallest absolute Gasteiger partial charge is 0.269 e. The summed E-state index contributed by atoms with van der Waals surface area (Å²) in [6, 6.07) is 10.6. The van der Waals surface area contributed by atoms with Crippen molar-refractivity contribution in [3.63, 3.8) is 0 Å². The molecule has 6 nitrogen and oxygen atoms in total. The number of nitro groups is 1. The van der Waals surface area contributed by atoms with Crippen molar-refractivity contribution < 1.29 is 9.72 Å². The largest absolute Gasteiger partial charge is 0.316 e. The summed E-state index contributed by atoms with van der Waals surface area (Å²) in [4.78, 5) is 24.2. The van der Waals surface area contributed by atoms with E-state index in [9.17, 15) is 14.9 Å². The molecule has 112 valence electrons. The van der Waals surface area contributed by atoms with E-state index >= 15 is 0 Å². The summed E-state index contributed by atoms with van der Waals surface area (Å²) in [5.41, 5.74) is 7.65. The molecule has 0 aromatic heterocycles. The number of nitro benzene ring substituents is 1. The van der Waals surface area contributed by atoms with E-state index in [1.54, 1.807) is 18.2 Å². The number of rotatable bonds is 3. The summed E-state index contributed by atoms with van der Waals surface area (Å²) >= 11 is 6.12. The number of halogens is 1. The zero-order valence-corrected chi connectivity index (χ0v) is 12.2. The van der Waals surface area contributed by atoms with Crippen LogP contribution in [0.5, 0.6) is 0 Å². The highest BCUT2D eigenvalue weighted by Crippen LogP contribution is 2.38. The molecule has 0 radical (unpaired) electrons. The van der Waals surface area contributed by atoms with Gasteiger partial charge >= 0.3 is 0 Å². The Kier molecular flexibility index (Phi) is 3.56. The number of carbonyl (C=O) groups excluding carboxylic acids is 1. The number of amides is 1. The highest BCUT2D eigenvalue weighted by atomic mass is 35.5. The molecule has 0 saturated heterocycles. The molecule has 1 aliphatic heterocycles. The number of carbonyl (C=O) groups is 1. The van der Waals surface area contributed by atoms with Gasteiger partial charge in [0.1, 0.15) is 6.04 Å². The third kappa shape index (κ3) is 2.32. The van der Waals surface area contributed by atoms with Gasteiger partial charge in [-0.25, -0.2) is 0 Å². The molecule has 22 heavy (non-hydrogen) atoms. The standard InChI is InChI=1S/C15H12ClN3O3/c16-12-4-2-1-3-9(12)8-18-13-6-5-10(19(21)22)7-11(13)14(17)15(18)20/h1-7,14H,8,17H2/t14-/m1/s1. The average molecular weight is 318 g/mol. The van der Waals surface area contributed by atoms with Crippen molar-refractivity contribution in [2.24, 2.45) is 5.73 Å². The first-order valence-corrected chi connectivity index (χ1v) is 6.95. The highest BCUT2D eigenvalue weighted by Gasteiger charge is 2.36. The number of fused-ring (bicyclic) bond motifs is 1. The molecule has 0 aliphatic carbocycles. The fourth-order valence-electron chi connectivity index (χ4n) is 2.53. The van der Waals surface area contributed by atoms with Gasteiger partial charge in [-0.05, 0) is 17.7 Å². The van der Waals surface area contributed by atoms with Crippen LogP contribution in [-0.4, -0.2) is 10.8 Å². The summed E-state index contributed by atoms with van der Waals surface area (Å²) in [5, 5.41) is 11.4. The molecule has 3 rings (SSSR count). The molecule has 2 aromatic rings. The van der Waals surface area contributed by atoms with Crippen molar-refractivity contribution >= 4 is 28.9 Å². The molecule has 2 N–H and O–H groups in total. The molecule has 7 heteroatoms. The third-order valence-electron chi connectivity index (χ3n) is 3.67. The van der Waals surface area contributed by atoms with Crippen LogP contribution in [0.1, 0.15) is 17.2 Å². The second-order valence-electron chi connectivity index (χ2n) is 4.99. The molecule has 1 amide bonds. The molecule has 2 aromatic carbocycles.